The zero-order valence-electron chi connectivity index (χ0n) is 17.6. The van der Waals surface area contributed by atoms with E-state index in [0.717, 1.165) is 57.0 Å². The van der Waals surface area contributed by atoms with Crippen molar-refractivity contribution >= 4 is 12.0 Å². The summed E-state index contributed by atoms with van der Waals surface area (Å²) in [5.41, 5.74) is 1.02. The molecule has 2 saturated heterocycles. The van der Waals surface area contributed by atoms with E-state index in [1.807, 2.05) is 49.1 Å². The molecule has 0 aromatic heterocycles. The molecule has 0 saturated carbocycles. The van der Waals surface area contributed by atoms with Crippen molar-refractivity contribution in [1.29, 1.82) is 0 Å². The lowest BCUT2D eigenvalue weighted by atomic mass is 10.1. The fourth-order valence-electron chi connectivity index (χ4n) is 4.01. The molecule has 2 aliphatic heterocycles. The Morgan fingerprint density at radius 1 is 1.07 bits per heavy atom. The number of rotatable bonds is 5. The number of nitrogens with zero attached hydrogens (tertiary/aromatic N) is 3. The minimum absolute atomic E-state index is 0.128. The maximum Gasteiger partial charge on any atom is 0.246 e. The molecule has 1 aromatic rings. The van der Waals surface area contributed by atoms with Crippen molar-refractivity contribution in [3.05, 3.63) is 35.9 Å². The van der Waals surface area contributed by atoms with E-state index in [2.05, 4.69) is 16.8 Å². The Balaban J connectivity index is 1.57. The van der Waals surface area contributed by atoms with E-state index in [0.29, 0.717) is 6.04 Å². The van der Waals surface area contributed by atoms with Crippen LogP contribution in [0.4, 0.5) is 0 Å². The summed E-state index contributed by atoms with van der Waals surface area (Å²) in [6, 6.07) is 8.41. The molecule has 1 atom stereocenters. The average molecular weight is 386 g/mol. The number of carbonyl (C=O) groups excluding carboxylic acids is 1. The number of hydrogen-bond acceptors (Lipinski definition) is 4. The highest BCUT2D eigenvalue weighted by Crippen LogP contribution is 2.19. The lowest BCUT2D eigenvalue weighted by molar-refractivity contribution is -0.126. The van der Waals surface area contributed by atoms with E-state index in [9.17, 15) is 4.79 Å². The van der Waals surface area contributed by atoms with E-state index in [4.69, 9.17) is 4.74 Å². The van der Waals surface area contributed by atoms with Crippen molar-refractivity contribution in [2.45, 2.75) is 45.3 Å². The van der Waals surface area contributed by atoms with E-state index < -0.39 is 0 Å². The summed E-state index contributed by atoms with van der Waals surface area (Å²) in [4.78, 5) is 19.8. The molecule has 0 N–H and O–H groups in total. The minimum Gasteiger partial charge on any atom is -0.491 e. The SMILES string of the molecule is CC(C)Oc1ccc(/C=C/C(=O)N2CCCCC(N3CCN(C)CC3)C2)cc1. The Hall–Kier alpha value is -1.85. The number of hydrogen-bond donors (Lipinski definition) is 0. The first kappa shape index (κ1) is 20.9. The van der Waals surface area contributed by atoms with Crippen LogP contribution in [-0.4, -0.2) is 79.1 Å². The first-order valence-electron chi connectivity index (χ1n) is 10.7. The standard InChI is InChI=1S/C23H35N3O2/c1-19(2)28-22-10-7-20(8-11-22)9-12-23(27)26-13-5-4-6-21(18-26)25-16-14-24(3)15-17-25/h7-12,19,21H,4-6,13-18H2,1-3H3/b12-9+. The number of likely N-dealkylation sites (N-methyl/N-ethyl adjacent to an activating group) is 1. The van der Waals surface area contributed by atoms with Crippen molar-refractivity contribution < 1.29 is 9.53 Å². The number of ether oxygens (including phenoxy) is 1. The molecule has 0 radical (unpaired) electrons. The molecule has 1 aromatic carbocycles. The number of carbonyl (C=O) groups is 1. The van der Waals surface area contributed by atoms with Crippen molar-refractivity contribution in [1.82, 2.24) is 14.7 Å². The summed E-state index contributed by atoms with van der Waals surface area (Å²) in [7, 11) is 2.19. The van der Waals surface area contributed by atoms with Gasteiger partial charge in [-0.05, 0) is 57.5 Å². The Bertz CT molecular complexity index is 648. The molecule has 0 aliphatic carbocycles. The van der Waals surface area contributed by atoms with Gasteiger partial charge in [0.05, 0.1) is 6.10 Å². The third-order valence-corrected chi connectivity index (χ3v) is 5.68. The molecule has 2 heterocycles. The third-order valence-electron chi connectivity index (χ3n) is 5.68. The van der Waals surface area contributed by atoms with Crippen LogP contribution < -0.4 is 4.74 Å². The highest BCUT2D eigenvalue weighted by molar-refractivity contribution is 5.91. The second-order valence-electron chi connectivity index (χ2n) is 8.34. The van der Waals surface area contributed by atoms with Gasteiger partial charge in [-0.25, -0.2) is 0 Å². The minimum atomic E-state index is 0.128. The topological polar surface area (TPSA) is 36.0 Å². The number of amides is 1. The van der Waals surface area contributed by atoms with Crippen molar-refractivity contribution in [2.24, 2.45) is 0 Å². The van der Waals surface area contributed by atoms with Crippen molar-refractivity contribution in [3.63, 3.8) is 0 Å². The van der Waals surface area contributed by atoms with E-state index >= 15 is 0 Å². The van der Waals surface area contributed by atoms with Crippen molar-refractivity contribution in [2.75, 3.05) is 46.3 Å². The quantitative estimate of drug-likeness (QED) is 0.730. The normalized spacial score (nSPS) is 22.6. The first-order chi connectivity index (χ1) is 13.5. The van der Waals surface area contributed by atoms with Crippen LogP contribution in [0.25, 0.3) is 6.08 Å². The summed E-state index contributed by atoms with van der Waals surface area (Å²) < 4.78 is 5.67. The largest absolute Gasteiger partial charge is 0.491 e. The average Bonchev–Trinajstić information content (AvgIpc) is 2.94. The molecule has 3 rings (SSSR count). The lowest BCUT2D eigenvalue weighted by Gasteiger charge is -2.39. The Labute approximate surface area is 169 Å². The van der Waals surface area contributed by atoms with Gasteiger partial charge in [-0.1, -0.05) is 18.6 Å². The second kappa shape index (κ2) is 10.1. The van der Waals surface area contributed by atoms with Gasteiger partial charge in [-0.3, -0.25) is 9.69 Å². The Morgan fingerprint density at radius 3 is 2.46 bits per heavy atom. The molecule has 0 bridgehead atoms. The zero-order chi connectivity index (χ0) is 19.9. The van der Waals surface area contributed by atoms with Gasteiger partial charge in [-0.2, -0.15) is 0 Å². The van der Waals surface area contributed by atoms with E-state index in [-0.39, 0.29) is 12.0 Å². The van der Waals surface area contributed by atoms with Crippen LogP contribution in [0.2, 0.25) is 0 Å². The van der Waals surface area contributed by atoms with Gasteiger partial charge in [0.25, 0.3) is 0 Å². The van der Waals surface area contributed by atoms with Gasteiger partial charge in [0, 0.05) is 51.4 Å². The highest BCUT2D eigenvalue weighted by atomic mass is 16.5. The van der Waals surface area contributed by atoms with Gasteiger partial charge in [0.1, 0.15) is 5.75 Å². The fraction of sp³-hybridized carbons (Fsp3) is 0.609. The van der Waals surface area contributed by atoms with Gasteiger partial charge in [0.15, 0.2) is 0 Å². The summed E-state index contributed by atoms with van der Waals surface area (Å²) in [6.45, 7) is 10.2. The molecule has 0 spiro atoms. The molecule has 5 nitrogen and oxygen atoms in total. The maximum atomic E-state index is 12.8. The predicted octanol–water partition coefficient (Wildman–Crippen LogP) is 3.12. The highest BCUT2D eigenvalue weighted by Gasteiger charge is 2.27. The van der Waals surface area contributed by atoms with Gasteiger partial charge < -0.3 is 14.5 Å². The summed E-state index contributed by atoms with van der Waals surface area (Å²) >= 11 is 0. The smallest absolute Gasteiger partial charge is 0.246 e. The molecule has 5 heteroatoms. The second-order valence-corrected chi connectivity index (χ2v) is 8.34. The van der Waals surface area contributed by atoms with Crippen LogP contribution in [0.3, 0.4) is 0 Å². The van der Waals surface area contributed by atoms with Crippen LogP contribution in [0.5, 0.6) is 5.75 Å². The fourth-order valence-corrected chi connectivity index (χ4v) is 4.01. The van der Waals surface area contributed by atoms with Crippen LogP contribution in [0.1, 0.15) is 38.7 Å². The molecule has 2 aliphatic rings. The first-order valence-corrected chi connectivity index (χ1v) is 10.7. The molecule has 28 heavy (non-hydrogen) atoms. The third kappa shape index (κ3) is 6.08. The summed E-state index contributed by atoms with van der Waals surface area (Å²) in [5.74, 6) is 0.990. The van der Waals surface area contributed by atoms with Gasteiger partial charge in [-0.15, -0.1) is 0 Å². The Kier molecular flexibility index (Phi) is 7.51. The molecular weight excluding hydrogens is 350 g/mol. The monoisotopic (exact) mass is 385 g/mol. The van der Waals surface area contributed by atoms with E-state index in [1.54, 1.807) is 6.08 Å². The summed E-state index contributed by atoms with van der Waals surface area (Å²) in [5, 5.41) is 0. The zero-order valence-corrected chi connectivity index (χ0v) is 17.6. The van der Waals surface area contributed by atoms with E-state index in [1.165, 1.54) is 12.8 Å². The van der Waals surface area contributed by atoms with Gasteiger partial charge >= 0.3 is 0 Å². The summed E-state index contributed by atoms with van der Waals surface area (Å²) in [6.07, 6.45) is 7.32. The van der Waals surface area contributed by atoms with Crippen LogP contribution in [-0.2, 0) is 4.79 Å². The van der Waals surface area contributed by atoms with Crippen LogP contribution in [0, 0.1) is 0 Å². The molecule has 154 valence electrons. The number of likely N-dealkylation sites (tertiary alicyclic amines) is 1. The number of piperazine rings is 1. The number of benzene rings is 1. The molecule has 2 fully saturated rings. The van der Waals surface area contributed by atoms with Crippen molar-refractivity contribution in [3.8, 4) is 5.75 Å². The molecule has 1 unspecified atom stereocenters. The maximum absolute atomic E-state index is 12.8. The lowest BCUT2D eigenvalue weighted by Crippen LogP contribution is -2.52. The predicted molar refractivity (Wildman–Crippen MR) is 115 cm³/mol. The molecule has 1 amide bonds. The molecular formula is C23H35N3O2. The van der Waals surface area contributed by atoms with Gasteiger partial charge in [0.2, 0.25) is 5.91 Å². The van der Waals surface area contributed by atoms with Crippen LogP contribution in [0.15, 0.2) is 30.3 Å². The van der Waals surface area contributed by atoms with Crippen LogP contribution >= 0.6 is 0 Å². The Morgan fingerprint density at radius 2 is 1.79 bits per heavy atom.